The van der Waals surface area contributed by atoms with Gasteiger partial charge in [0.1, 0.15) is 0 Å². The Morgan fingerprint density at radius 1 is 1.29 bits per heavy atom. The normalized spacial score (nSPS) is 18.9. The van der Waals surface area contributed by atoms with Crippen LogP contribution in [0.4, 0.5) is 0 Å². The maximum atomic E-state index is 11.8. The molecule has 0 aliphatic heterocycles. The van der Waals surface area contributed by atoms with Crippen molar-refractivity contribution in [1.29, 1.82) is 0 Å². The third-order valence-electron chi connectivity index (χ3n) is 4.08. The third-order valence-corrected chi connectivity index (χ3v) is 8.56. The summed E-state index contributed by atoms with van der Waals surface area (Å²) in [5.41, 5.74) is -0.314. The van der Waals surface area contributed by atoms with Crippen LogP contribution in [-0.4, -0.2) is 27.5 Å². The van der Waals surface area contributed by atoms with E-state index < -0.39 is 8.32 Å². The first-order chi connectivity index (χ1) is 7.65. The zero-order valence-corrected chi connectivity index (χ0v) is 13.1. The SMILES string of the molecule is CCOC(=O)C1(CO[Si](C)(C)C(C)(C)C)CC1. The summed E-state index contributed by atoms with van der Waals surface area (Å²) < 4.78 is 11.2. The highest BCUT2D eigenvalue weighted by Crippen LogP contribution is 2.48. The fourth-order valence-electron chi connectivity index (χ4n) is 1.38. The summed E-state index contributed by atoms with van der Waals surface area (Å²) >= 11 is 0. The maximum Gasteiger partial charge on any atom is 0.314 e. The minimum absolute atomic E-state index is 0.0706. The number of rotatable bonds is 5. The average Bonchev–Trinajstić information content (AvgIpc) is 2.94. The Morgan fingerprint density at radius 2 is 1.82 bits per heavy atom. The summed E-state index contributed by atoms with van der Waals surface area (Å²) in [4.78, 5) is 11.8. The predicted molar refractivity (Wildman–Crippen MR) is 71.4 cm³/mol. The second-order valence-electron chi connectivity index (χ2n) is 6.55. The Labute approximate surface area is 106 Å². The number of hydrogen-bond acceptors (Lipinski definition) is 3. The molecule has 0 amide bonds. The summed E-state index contributed by atoms with van der Waals surface area (Å²) in [7, 11) is -1.75. The average molecular weight is 258 g/mol. The molecular weight excluding hydrogens is 232 g/mol. The molecule has 0 aromatic rings. The lowest BCUT2D eigenvalue weighted by Crippen LogP contribution is -2.43. The van der Waals surface area contributed by atoms with Gasteiger partial charge in [0.25, 0.3) is 0 Å². The van der Waals surface area contributed by atoms with Crippen LogP contribution in [0.25, 0.3) is 0 Å². The van der Waals surface area contributed by atoms with Crippen molar-refractivity contribution >= 4 is 14.3 Å². The van der Waals surface area contributed by atoms with Crippen molar-refractivity contribution in [3.8, 4) is 0 Å². The van der Waals surface area contributed by atoms with Gasteiger partial charge in [0, 0.05) is 0 Å². The first kappa shape index (κ1) is 14.7. The van der Waals surface area contributed by atoms with Crippen LogP contribution in [0.2, 0.25) is 18.1 Å². The fourth-order valence-corrected chi connectivity index (χ4v) is 2.45. The van der Waals surface area contributed by atoms with Gasteiger partial charge in [0.2, 0.25) is 0 Å². The maximum absolute atomic E-state index is 11.8. The van der Waals surface area contributed by atoms with Gasteiger partial charge in [-0.25, -0.2) is 0 Å². The largest absolute Gasteiger partial charge is 0.465 e. The molecule has 0 bridgehead atoms. The van der Waals surface area contributed by atoms with E-state index in [-0.39, 0.29) is 16.4 Å². The molecule has 0 heterocycles. The van der Waals surface area contributed by atoms with Crippen LogP contribution >= 0.6 is 0 Å². The Hall–Kier alpha value is -0.353. The molecule has 0 atom stereocenters. The van der Waals surface area contributed by atoms with Gasteiger partial charge in [-0.05, 0) is 37.9 Å². The van der Waals surface area contributed by atoms with E-state index in [1.165, 1.54) is 0 Å². The standard InChI is InChI=1S/C13H26O3Si/c1-7-15-11(14)13(8-9-13)10-16-17(5,6)12(2,3)4/h7-10H2,1-6H3. The molecule has 0 aromatic carbocycles. The number of ether oxygens (including phenoxy) is 1. The molecule has 0 spiro atoms. The molecule has 4 heteroatoms. The molecule has 0 N–H and O–H groups in total. The molecule has 0 aromatic heterocycles. The van der Waals surface area contributed by atoms with Gasteiger partial charge in [-0.1, -0.05) is 20.8 Å². The molecule has 3 nitrogen and oxygen atoms in total. The van der Waals surface area contributed by atoms with Crippen LogP contribution < -0.4 is 0 Å². The van der Waals surface area contributed by atoms with Gasteiger partial charge in [-0.2, -0.15) is 0 Å². The molecule has 1 fully saturated rings. The van der Waals surface area contributed by atoms with Crippen molar-refractivity contribution in [3.63, 3.8) is 0 Å². The van der Waals surface area contributed by atoms with Crippen LogP contribution in [0, 0.1) is 5.41 Å². The Kier molecular flexibility index (Phi) is 4.09. The van der Waals surface area contributed by atoms with Gasteiger partial charge in [0.15, 0.2) is 8.32 Å². The zero-order valence-electron chi connectivity index (χ0n) is 12.1. The highest BCUT2D eigenvalue weighted by molar-refractivity contribution is 6.74. The minimum atomic E-state index is -1.75. The van der Waals surface area contributed by atoms with Crippen molar-refractivity contribution in [3.05, 3.63) is 0 Å². The lowest BCUT2D eigenvalue weighted by atomic mass is 10.1. The van der Waals surface area contributed by atoms with Gasteiger partial charge in [0.05, 0.1) is 18.6 Å². The van der Waals surface area contributed by atoms with Crippen LogP contribution in [0.15, 0.2) is 0 Å². The molecule has 0 unspecified atom stereocenters. The lowest BCUT2D eigenvalue weighted by Gasteiger charge is -2.37. The van der Waals surface area contributed by atoms with E-state index in [9.17, 15) is 4.79 Å². The van der Waals surface area contributed by atoms with Crippen molar-refractivity contribution in [2.45, 2.75) is 58.7 Å². The smallest absolute Gasteiger partial charge is 0.314 e. The molecule has 0 radical (unpaired) electrons. The first-order valence-electron chi connectivity index (χ1n) is 6.46. The van der Waals surface area contributed by atoms with Crippen molar-refractivity contribution in [1.82, 2.24) is 0 Å². The van der Waals surface area contributed by atoms with E-state index in [0.717, 1.165) is 12.8 Å². The van der Waals surface area contributed by atoms with Crippen molar-refractivity contribution in [2.24, 2.45) is 5.41 Å². The first-order valence-corrected chi connectivity index (χ1v) is 9.37. The number of esters is 1. The van der Waals surface area contributed by atoms with Crippen LogP contribution in [-0.2, 0) is 14.0 Å². The fraction of sp³-hybridized carbons (Fsp3) is 0.923. The van der Waals surface area contributed by atoms with Crippen LogP contribution in [0.3, 0.4) is 0 Å². The van der Waals surface area contributed by atoms with Crippen molar-refractivity contribution < 1.29 is 14.0 Å². The van der Waals surface area contributed by atoms with E-state index >= 15 is 0 Å². The second-order valence-corrected chi connectivity index (χ2v) is 11.4. The summed E-state index contributed by atoms with van der Waals surface area (Å²) in [6, 6.07) is 0. The third kappa shape index (κ3) is 3.32. The summed E-state index contributed by atoms with van der Waals surface area (Å²) in [5.74, 6) is -0.0706. The Morgan fingerprint density at radius 3 is 2.18 bits per heavy atom. The predicted octanol–water partition coefficient (Wildman–Crippen LogP) is 3.35. The second kappa shape index (κ2) is 4.73. The molecule has 100 valence electrons. The van der Waals surface area contributed by atoms with E-state index in [2.05, 4.69) is 33.9 Å². The van der Waals surface area contributed by atoms with Crippen LogP contribution in [0.5, 0.6) is 0 Å². The van der Waals surface area contributed by atoms with Crippen molar-refractivity contribution in [2.75, 3.05) is 13.2 Å². The topological polar surface area (TPSA) is 35.5 Å². The van der Waals surface area contributed by atoms with Gasteiger partial charge < -0.3 is 9.16 Å². The molecule has 0 saturated heterocycles. The number of carbonyl (C=O) groups excluding carboxylic acids is 1. The van der Waals surface area contributed by atoms with E-state index in [1.807, 2.05) is 6.92 Å². The van der Waals surface area contributed by atoms with E-state index in [4.69, 9.17) is 9.16 Å². The quantitative estimate of drug-likeness (QED) is 0.560. The summed E-state index contributed by atoms with van der Waals surface area (Å²) in [5, 5.41) is 0.192. The highest BCUT2D eigenvalue weighted by atomic mass is 28.4. The number of carbonyl (C=O) groups is 1. The van der Waals surface area contributed by atoms with Gasteiger partial charge >= 0.3 is 5.97 Å². The molecule has 1 saturated carbocycles. The van der Waals surface area contributed by atoms with Crippen LogP contribution in [0.1, 0.15) is 40.5 Å². The highest BCUT2D eigenvalue weighted by Gasteiger charge is 2.53. The van der Waals surface area contributed by atoms with Gasteiger partial charge in [-0.15, -0.1) is 0 Å². The Balaban J connectivity index is 2.54. The van der Waals surface area contributed by atoms with E-state index in [1.54, 1.807) is 0 Å². The lowest BCUT2D eigenvalue weighted by molar-refractivity contribution is -0.151. The number of hydrogen-bond donors (Lipinski definition) is 0. The monoisotopic (exact) mass is 258 g/mol. The van der Waals surface area contributed by atoms with E-state index in [0.29, 0.717) is 13.2 Å². The summed E-state index contributed by atoms with van der Waals surface area (Å²) in [6.45, 7) is 13.9. The molecule has 17 heavy (non-hydrogen) atoms. The Bertz CT molecular complexity index is 288. The zero-order chi connectivity index (χ0) is 13.3. The molecule has 1 aliphatic carbocycles. The molecule has 1 aliphatic rings. The molecular formula is C13H26O3Si. The van der Waals surface area contributed by atoms with Gasteiger partial charge in [-0.3, -0.25) is 4.79 Å². The minimum Gasteiger partial charge on any atom is -0.465 e. The molecule has 1 rings (SSSR count). The summed E-state index contributed by atoms with van der Waals surface area (Å²) in [6.07, 6.45) is 1.83.